The van der Waals surface area contributed by atoms with Crippen molar-refractivity contribution in [2.75, 3.05) is 14.2 Å². The number of rotatable bonds is 5. The third kappa shape index (κ3) is 3.84. The maximum absolute atomic E-state index is 11.5. The van der Waals surface area contributed by atoms with E-state index in [1.165, 1.54) is 14.2 Å². The number of esters is 1. The minimum atomic E-state index is -0.439. The van der Waals surface area contributed by atoms with E-state index in [2.05, 4.69) is 4.74 Å². The van der Waals surface area contributed by atoms with Crippen LogP contribution in [0.1, 0.15) is 15.9 Å². The lowest BCUT2D eigenvalue weighted by atomic mass is 10.2. The molecule has 0 saturated heterocycles. The summed E-state index contributed by atoms with van der Waals surface area (Å²) in [6, 6.07) is 10.00. The average molecular weight is 341 g/mol. The second-order valence-corrected chi connectivity index (χ2v) is 5.23. The molecule has 0 unspecified atom stereocenters. The van der Waals surface area contributed by atoms with Crippen molar-refractivity contribution in [3.63, 3.8) is 0 Å². The summed E-state index contributed by atoms with van der Waals surface area (Å²) in [5.41, 5.74) is 1.18. The summed E-state index contributed by atoms with van der Waals surface area (Å²) in [7, 11) is 2.82. The molecule has 0 fully saturated rings. The standard InChI is InChI=1S/C16H14Cl2O4/c1-20-15-7-10(16(19)21-2)4-6-14(15)22-9-11-3-5-12(17)8-13(11)18/h3-8H,9H2,1-2H3. The van der Waals surface area contributed by atoms with Crippen molar-refractivity contribution in [2.24, 2.45) is 0 Å². The molecule has 2 aromatic carbocycles. The quantitative estimate of drug-likeness (QED) is 0.758. The molecule has 6 heteroatoms. The number of ether oxygens (including phenoxy) is 3. The lowest BCUT2D eigenvalue weighted by Crippen LogP contribution is -2.03. The number of hydrogen-bond acceptors (Lipinski definition) is 4. The van der Waals surface area contributed by atoms with Gasteiger partial charge in [0, 0.05) is 15.6 Å². The van der Waals surface area contributed by atoms with Gasteiger partial charge in [0.2, 0.25) is 0 Å². The zero-order chi connectivity index (χ0) is 16.1. The number of halogens is 2. The Morgan fingerprint density at radius 2 is 1.82 bits per heavy atom. The van der Waals surface area contributed by atoms with E-state index in [1.54, 1.807) is 36.4 Å². The Labute approximate surface area is 138 Å². The van der Waals surface area contributed by atoms with Crippen LogP contribution in [0.4, 0.5) is 0 Å². The molecule has 116 valence electrons. The highest BCUT2D eigenvalue weighted by atomic mass is 35.5. The van der Waals surface area contributed by atoms with Crippen molar-refractivity contribution in [1.82, 2.24) is 0 Å². The van der Waals surface area contributed by atoms with Crippen LogP contribution in [-0.4, -0.2) is 20.2 Å². The highest BCUT2D eigenvalue weighted by Gasteiger charge is 2.12. The summed E-state index contributed by atoms with van der Waals surface area (Å²) in [6.07, 6.45) is 0. The summed E-state index contributed by atoms with van der Waals surface area (Å²) < 4.78 is 15.6. The second kappa shape index (κ2) is 7.38. The third-order valence-electron chi connectivity index (χ3n) is 2.98. The van der Waals surface area contributed by atoms with Crippen LogP contribution >= 0.6 is 23.2 Å². The summed E-state index contributed by atoms with van der Waals surface area (Å²) in [5, 5.41) is 1.09. The highest BCUT2D eigenvalue weighted by Crippen LogP contribution is 2.30. The van der Waals surface area contributed by atoms with E-state index in [9.17, 15) is 4.79 Å². The molecule has 2 rings (SSSR count). The molecular formula is C16H14Cl2O4. The first-order valence-corrected chi connectivity index (χ1v) is 7.14. The molecule has 0 saturated carbocycles. The Balaban J connectivity index is 2.17. The van der Waals surface area contributed by atoms with E-state index in [-0.39, 0.29) is 6.61 Å². The van der Waals surface area contributed by atoms with Gasteiger partial charge in [0.15, 0.2) is 11.5 Å². The van der Waals surface area contributed by atoms with Gasteiger partial charge < -0.3 is 14.2 Å². The third-order valence-corrected chi connectivity index (χ3v) is 3.57. The summed E-state index contributed by atoms with van der Waals surface area (Å²) in [4.78, 5) is 11.5. The molecule has 0 aliphatic carbocycles. The fourth-order valence-corrected chi connectivity index (χ4v) is 2.29. The molecular weight excluding hydrogens is 327 g/mol. The summed E-state index contributed by atoms with van der Waals surface area (Å²) in [5.74, 6) is 0.500. The number of carbonyl (C=O) groups is 1. The minimum Gasteiger partial charge on any atom is -0.493 e. The van der Waals surface area contributed by atoms with Gasteiger partial charge in [0.05, 0.1) is 19.8 Å². The van der Waals surface area contributed by atoms with Crippen molar-refractivity contribution in [1.29, 1.82) is 0 Å². The second-order valence-electron chi connectivity index (χ2n) is 4.38. The van der Waals surface area contributed by atoms with Gasteiger partial charge in [-0.1, -0.05) is 29.3 Å². The minimum absolute atomic E-state index is 0.254. The summed E-state index contributed by atoms with van der Waals surface area (Å²) in [6.45, 7) is 0.254. The van der Waals surface area contributed by atoms with E-state index < -0.39 is 5.97 Å². The molecule has 0 atom stereocenters. The molecule has 0 N–H and O–H groups in total. The zero-order valence-corrected chi connectivity index (χ0v) is 13.6. The Bertz CT molecular complexity index is 686. The van der Waals surface area contributed by atoms with Crippen LogP contribution in [0.3, 0.4) is 0 Å². The monoisotopic (exact) mass is 340 g/mol. The Kier molecular flexibility index (Phi) is 5.52. The lowest BCUT2D eigenvalue weighted by molar-refractivity contribution is 0.0600. The van der Waals surface area contributed by atoms with E-state index in [0.717, 1.165) is 5.56 Å². The molecule has 0 spiro atoms. The van der Waals surface area contributed by atoms with Crippen molar-refractivity contribution in [3.05, 3.63) is 57.6 Å². The van der Waals surface area contributed by atoms with Gasteiger partial charge in [-0.25, -0.2) is 4.79 Å². The topological polar surface area (TPSA) is 44.8 Å². The van der Waals surface area contributed by atoms with Crippen molar-refractivity contribution >= 4 is 29.2 Å². The normalized spacial score (nSPS) is 10.2. The van der Waals surface area contributed by atoms with Gasteiger partial charge in [-0.05, 0) is 30.3 Å². The molecule has 0 amide bonds. The van der Waals surface area contributed by atoms with Crippen LogP contribution in [0.5, 0.6) is 11.5 Å². The van der Waals surface area contributed by atoms with Crippen LogP contribution in [0.2, 0.25) is 10.0 Å². The number of carbonyl (C=O) groups excluding carboxylic acids is 1. The molecule has 0 aromatic heterocycles. The van der Waals surface area contributed by atoms with Crippen LogP contribution in [-0.2, 0) is 11.3 Å². The molecule has 0 bridgehead atoms. The predicted octanol–water partition coefficient (Wildman–Crippen LogP) is 4.37. The number of hydrogen-bond donors (Lipinski definition) is 0. The molecule has 22 heavy (non-hydrogen) atoms. The molecule has 0 radical (unpaired) electrons. The lowest BCUT2D eigenvalue weighted by Gasteiger charge is -2.12. The van der Waals surface area contributed by atoms with E-state index in [4.69, 9.17) is 32.7 Å². The summed E-state index contributed by atoms with van der Waals surface area (Å²) >= 11 is 12.0. The molecule has 2 aromatic rings. The highest BCUT2D eigenvalue weighted by molar-refractivity contribution is 6.35. The molecule has 0 aliphatic heterocycles. The van der Waals surface area contributed by atoms with Gasteiger partial charge >= 0.3 is 5.97 Å². The van der Waals surface area contributed by atoms with Gasteiger partial charge in [0.25, 0.3) is 0 Å². The maximum Gasteiger partial charge on any atom is 0.337 e. The Morgan fingerprint density at radius 3 is 2.45 bits per heavy atom. The van der Waals surface area contributed by atoms with Gasteiger partial charge in [-0.15, -0.1) is 0 Å². The fraction of sp³-hybridized carbons (Fsp3) is 0.188. The van der Waals surface area contributed by atoms with Gasteiger partial charge in [0.1, 0.15) is 6.61 Å². The SMILES string of the molecule is COC(=O)c1ccc(OCc2ccc(Cl)cc2Cl)c(OC)c1. The predicted molar refractivity (Wildman–Crippen MR) is 85.1 cm³/mol. The van der Waals surface area contributed by atoms with Gasteiger partial charge in [-0.2, -0.15) is 0 Å². The molecule has 4 nitrogen and oxygen atoms in total. The smallest absolute Gasteiger partial charge is 0.337 e. The average Bonchev–Trinajstić information content (AvgIpc) is 2.53. The molecule has 0 aliphatic rings. The zero-order valence-electron chi connectivity index (χ0n) is 12.1. The maximum atomic E-state index is 11.5. The van der Waals surface area contributed by atoms with E-state index in [0.29, 0.717) is 27.1 Å². The first kappa shape index (κ1) is 16.5. The number of methoxy groups -OCH3 is 2. The van der Waals surface area contributed by atoms with Crippen molar-refractivity contribution in [2.45, 2.75) is 6.61 Å². The Morgan fingerprint density at radius 1 is 1.05 bits per heavy atom. The number of benzene rings is 2. The fourth-order valence-electron chi connectivity index (χ4n) is 1.83. The van der Waals surface area contributed by atoms with Crippen molar-refractivity contribution in [3.8, 4) is 11.5 Å². The van der Waals surface area contributed by atoms with Crippen molar-refractivity contribution < 1.29 is 19.0 Å². The van der Waals surface area contributed by atoms with Crippen LogP contribution in [0, 0.1) is 0 Å². The van der Waals surface area contributed by atoms with Crippen LogP contribution in [0.15, 0.2) is 36.4 Å². The first-order chi connectivity index (χ1) is 10.5. The van der Waals surface area contributed by atoms with Crippen LogP contribution < -0.4 is 9.47 Å². The largest absolute Gasteiger partial charge is 0.493 e. The van der Waals surface area contributed by atoms with E-state index >= 15 is 0 Å². The van der Waals surface area contributed by atoms with E-state index in [1.807, 2.05) is 0 Å². The first-order valence-electron chi connectivity index (χ1n) is 6.38. The van der Waals surface area contributed by atoms with Gasteiger partial charge in [-0.3, -0.25) is 0 Å². The molecule has 0 heterocycles. The van der Waals surface area contributed by atoms with Crippen LogP contribution in [0.25, 0.3) is 0 Å². The Hall–Kier alpha value is -1.91.